The third-order valence-corrected chi connectivity index (χ3v) is 9.73. The molecule has 35 heavy (non-hydrogen) atoms. The Morgan fingerprint density at radius 2 is 1.94 bits per heavy atom. The number of rotatable bonds is 4. The molecular weight excluding hydrogens is 482 g/mol. The molecule has 9 heteroatoms. The quantitative estimate of drug-likeness (QED) is 0.501. The summed E-state index contributed by atoms with van der Waals surface area (Å²) < 4.78 is 1.05. The van der Waals surface area contributed by atoms with Crippen molar-refractivity contribution in [3.05, 3.63) is 33.7 Å². The number of likely N-dealkylation sites (tertiary alicyclic amines) is 1. The van der Waals surface area contributed by atoms with Gasteiger partial charge in [0.1, 0.15) is 5.69 Å². The van der Waals surface area contributed by atoms with Crippen LogP contribution in [0, 0.1) is 0 Å². The summed E-state index contributed by atoms with van der Waals surface area (Å²) in [6.45, 7) is 2.41. The highest BCUT2D eigenvalue weighted by Crippen LogP contribution is 2.47. The zero-order chi connectivity index (χ0) is 23.7. The predicted octanol–water partition coefficient (Wildman–Crippen LogP) is 4.63. The topological polar surface area (TPSA) is 81.3 Å². The van der Waals surface area contributed by atoms with Gasteiger partial charge in [0.05, 0.1) is 16.8 Å². The number of H-pyrrole nitrogens is 1. The SMILES string of the molecule is O=C1CCC(=O)N1Cc1cc2[nH]nc(-c3cc(Cl)cc4c3N([C@H]3CNC5(CCC5)C3)CCC4)c2s1. The molecule has 3 aromatic rings. The number of carbonyl (C=O) groups is 2. The van der Waals surface area contributed by atoms with Crippen molar-refractivity contribution in [2.75, 3.05) is 18.0 Å². The first-order valence-electron chi connectivity index (χ1n) is 12.6. The van der Waals surface area contributed by atoms with Gasteiger partial charge in [-0.3, -0.25) is 19.6 Å². The molecule has 2 amide bonds. The van der Waals surface area contributed by atoms with Crippen molar-refractivity contribution in [1.82, 2.24) is 20.4 Å². The Hall–Kier alpha value is -2.42. The number of halogens is 1. The molecule has 2 saturated heterocycles. The minimum Gasteiger partial charge on any atom is -0.366 e. The molecule has 0 bridgehead atoms. The van der Waals surface area contributed by atoms with Gasteiger partial charge in [0.15, 0.2) is 0 Å². The average molecular weight is 510 g/mol. The van der Waals surface area contributed by atoms with Crippen LogP contribution in [0.2, 0.25) is 5.02 Å². The van der Waals surface area contributed by atoms with Crippen molar-refractivity contribution in [2.24, 2.45) is 0 Å². The molecule has 2 aromatic heterocycles. The summed E-state index contributed by atoms with van der Waals surface area (Å²) in [5.74, 6) is -0.168. The normalized spacial score (nSPS) is 23.5. The highest BCUT2D eigenvalue weighted by molar-refractivity contribution is 7.19. The number of benzene rings is 1. The highest BCUT2D eigenvalue weighted by atomic mass is 35.5. The fraction of sp³-hybridized carbons (Fsp3) is 0.500. The van der Waals surface area contributed by atoms with Crippen molar-refractivity contribution in [2.45, 2.75) is 69.5 Å². The molecule has 1 aliphatic carbocycles. The van der Waals surface area contributed by atoms with Gasteiger partial charge in [-0.1, -0.05) is 11.6 Å². The molecule has 7 nitrogen and oxygen atoms in total. The number of nitrogens with zero attached hydrogens (tertiary/aromatic N) is 3. The molecule has 0 radical (unpaired) electrons. The molecule has 4 aliphatic rings. The van der Waals surface area contributed by atoms with E-state index >= 15 is 0 Å². The van der Waals surface area contributed by atoms with Gasteiger partial charge >= 0.3 is 0 Å². The van der Waals surface area contributed by atoms with Crippen LogP contribution < -0.4 is 10.2 Å². The van der Waals surface area contributed by atoms with Gasteiger partial charge in [-0.25, -0.2) is 0 Å². The van der Waals surface area contributed by atoms with Crippen LogP contribution in [0.4, 0.5) is 5.69 Å². The van der Waals surface area contributed by atoms with E-state index in [9.17, 15) is 9.59 Å². The molecule has 2 N–H and O–H groups in total. The van der Waals surface area contributed by atoms with Gasteiger partial charge in [0.2, 0.25) is 11.8 Å². The molecule has 1 aromatic carbocycles. The minimum absolute atomic E-state index is 0.0839. The number of nitrogens with one attached hydrogen (secondary N) is 2. The first-order valence-corrected chi connectivity index (χ1v) is 13.8. The van der Waals surface area contributed by atoms with E-state index in [1.54, 1.807) is 11.3 Å². The standard InChI is InChI=1S/C26H28ClN5O2S/c27-16-9-15-3-1-8-31(17-12-26(28-13-17)6-2-7-26)24(15)19(10-16)23-25-20(29-30-23)11-18(35-25)14-32-21(33)4-5-22(32)34/h9-11,17,28H,1-8,12-14H2,(H,29,30)/t17-/m1/s1. The van der Waals surface area contributed by atoms with Crippen molar-refractivity contribution >= 4 is 50.7 Å². The largest absolute Gasteiger partial charge is 0.366 e. The Morgan fingerprint density at radius 1 is 1.11 bits per heavy atom. The Kier molecular flexibility index (Phi) is 5.02. The Labute approximate surface area is 212 Å². The second-order valence-electron chi connectivity index (χ2n) is 10.5. The number of aryl methyl sites for hydroxylation is 1. The number of aromatic nitrogens is 2. The lowest BCUT2D eigenvalue weighted by Gasteiger charge is -2.41. The van der Waals surface area contributed by atoms with Crippen LogP contribution >= 0.6 is 22.9 Å². The van der Waals surface area contributed by atoms with Gasteiger partial charge in [-0.15, -0.1) is 11.3 Å². The third-order valence-electron chi connectivity index (χ3n) is 8.39. The number of hydrogen-bond donors (Lipinski definition) is 2. The summed E-state index contributed by atoms with van der Waals surface area (Å²) in [6.07, 6.45) is 7.90. The first-order chi connectivity index (χ1) is 17.0. The van der Waals surface area contributed by atoms with E-state index in [0.717, 1.165) is 57.3 Å². The van der Waals surface area contributed by atoms with Crippen molar-refractivity contribution in [3.63, 3.8) is 0 Å². The van der Waals surface area contributed by atoms with E-state index in [0.29, 0.717) is 31.0 Å². The van der Waals surface area contributed by atoms with Gasteiger partial charge in [-0.05, 0) is 62.3 Å². The van der Waals surface area contributed by atoms with Gasteiger partial charge in [0.25, 0.3) is 0 Å². The lowest BCUT2D eigenvalue weighted by Crippen LogP contribution is -2.46. The van der Waals surface area contributed by atoms with E-state index < -0.39 is 0 Å². The molecular formula is C26H28ClN5O2S. The summed E-state index contributed by atoms with van der Waals surface area (Å²) in [5, 5.41) is 12.5. The predicted molar refractivity (Wildman–Crippen MR) is 138 cm³/mol. The zero-order valence-corrected chi connectivity index (χ0v) is 21.1. The molecule has 3 fully saturated rings. The van der Waals surface area contributed by atoms with Crippen LogP contribution in [0.5, 0.6) is 0 Å². The maximum absolute atomic E-state index is 12.1. The second-order valence-corrected chi connectivity index (χ2v) is 12.1. The minimum atomic E-state index is -0.0839. The van der Waals surface area contributed by atoms with E-state index in [4.69, 9.17) is 16.7 Å². The summed E-state index contributed by atoms with van der Waals surface area (Å²) in [4.78, 5) is 29.2. The van der Waals surface area contributed by atoms with Crippen LogP contribution in [0.3, 0.4) is 0 Å². The number of aromatic amines is 1. The highest BCUT2D eigenvalue weighted by Gasteiger charge is 2.45. The fourth-order valence-corrected chi connectivity index (χ4v) is 7.84. The van der Waals surface area contributed by atoms with Gasteiger partial charge in [-0.2, -0.15) is 5.10 Å². The van der Waals surface area contributed by atoms with E-state index in [1.807, 2.05) is 6.07 Å². The number of amides is 2. The van der Waals surface area contributed by atoms with Crippen LogP contribution in [0.25, 0.3) is 21.5 Å². The smallest absolute Gasteiger partial charge is 0.230 e. The number of anilines is 1. The maximum atomic E-state index is 12.1. The summed E-state index contributed by atoms with van der Waals surface area (Å²) in [7, 11) is 0. The molecule has 7 rings (SSSR count). The number of imide groups is 1. The van der Waals surface area contributed by atoms with Crippen molar-refractivity contribution in [1.29, 1.82) is 0 Å². The molecule has 5 heterocycles. The number of fused-ring (bicyclic) bond motifs is 2. The van der Waals surface area contributed by atoms with Gasteiger partial charge < -0.3 is 10.2 Å². The van der Waals surface area contributed by atoms with E-state index in [2.05, 4.69) is 27.4 Å². The zero-order valence-electron chi connectivity index (χ0n) is 19.5. The monoisotopic (exact) mass is 509 g/mol. The molecule has 1 spiro atoms. The molecule has 0 unspecified atom stereocenters. The summed E-state index contributed by atoms with van der Waals surface area (Å²) in [6, 6.07) is 6.69. The maximum Gasteiger partial charge on any atom is 0.230 e. The third kappa shape index (κ3) is 3.52. The number of thiophene rings is 1. The van der Waals surface area contributed by atoms with Crippen LogP contribution in [-0.2, 0) is 22.6 Å². The molecule has 1 atom stereocenters. The lowest BCUT2D eigenvalue weighted by atomic mass is 9.75. The summed E-state index contributed by atoms with van der Waals surface area (Å²) >= 11 is 8.24. The van der Waals surface area contributed by atoms with E-state index in [1.165, 1.54) is 41.8 Å². The average Bonchev–Trinajstić information content (AvgIpc) is 3.58. The summed E-state index contributed by atoms with van der Waals surface area (Å²) in [5.41, 5.74) is 5.85. The van der Waals surface area contributed by atoms with Crippen LogP contribution in [-0.4, -0.2) is 51.6 Å². The Bertz CT molecular complexity index is 1340. The molecule has 3 aliphatic heterocycles. The van der Waals surface area contributed by atoms with E-state index in [-0.39, 0.29) is 11.8 Å². The fourth-order valence-electron chi connectivity index (χ4n) is 6.50. The Morgan fingerprint density at radius 3 is 2.69 bits per heavy atom. The lowest BCUT2D eigenvalue weighted by molar-refractivity contribution is -0.138. The van der Waals surface area contributed by atoms with Crippen molar-refractivity contribution < 1.29 is 9.59 Å². The van der Waals surface area contributed by atoms with Crippen LogP contribution in [0.1, 0.15) is 55.4 Å². The second kappa shape index (κ2) is 8.05. The number of carbonyl (C=O) groups excluding carboxylic acids is 2. The molecule has 182 valence electrons. The molecule has 1 saturated carbocycles. The van der Waals surface area contributed by atoms with Crippen LogP contribution in [0.15, 0.2) is 18.2 Å². The van der Waals surface area contributed by atoms with Gasteiger partial charge in [0, 0.05) is 58.7 Å². The van der Waals surface area contributed by atoms with Crippen molar-refractivity contribution in [3.8, 4) is 11.3 Å². The number of hydrogen-bond acceptors (Lipinski definition) is 6. The Balaban J connectivity index is 1.27. The first kappa shape index (κ1) is 21.8.